The summed E-state index contributed by atoms with van der Waals surface area (Å²) >= 11 is 0. The molecular formula is C10H22N2O4S2. The molecular weight excluding hydrogens is 276 g/mol. The maximum atomic E-state index is 11.6. The highest BCUT2D eigenvalue weighted by Gasteiger charge is 2.31. The Balaban J connectivity index is 2.38. The molecule has 1 rings (SSSR count). The van der Waals surface area contributed by atoms with Crippen LogP contribution in [0.5, 0.6) is 0 Å². The molecule has 0 aromatic heterocycles. The van der Waals surface area contributed by atoms with Crippen LogP contribution in [0.1, 0.15) is 26.7 Å². The van der Waals surface area contributed by atoms with Crippen molar-refractivity contribution < 1.29 is 16.8 Å². The van der Waals surface area contributed by atoms with Crippen molar-refractivity contribution in [3.63, 3.8) is 0 Å². The van der Waals surface area contributed by atoms with Crippen molar-refractivity contribution in [3.8, 4) is 0 Å². The monoisotopic (exact) mass is 298 g/mol. The van der Waals surface area contributed by atoms with Gasteiger partial charge < -0.3 is 5.32 Å². The van der Waals surface area contributed by atoms with E-state index in [4.69, 9.17) is 0 Å². The van der Waals surface area contributed by atoms with Crippen molar-refractivity contribution in [2.75, 3.05) is 24.6 Å². The number of sulfonamides is 1. The predicted octanol–water partition coefficient (Wildman–Crippen LogP) is -0.519. The van der Waals surface area contributed by atoms with Crippen molar-refractivity contribution in [2.24, 2.45) is 0 Å². The summed E-state index contributed by atoms with van der Waals surface area (Å²) in [7, 11) is -6.48. The molecule has 1 heterocycles. The van der Waals surface area contributed by atoms with Gasteiger partial charge >= 0.3 is 0 Å². The number of hydrogen-bond donors (Lipinski definition) is 2. The largest absolute Gasteiger partial charge is 0.313 e. The lowest BCUT2D eigenvalue weighted by atomic mass is 10.2. The molecule has 108 valence electrons. The third-order valence-electron chi connectivity index (χ3n) is 2.92. The average molecular weight is 298 g/mol. The molecule has 18 heavy (non-hydrogen) atoms. The van der Waals surface area contributed by atoms with E-state index in [0.29, 0.717) is 19.4 Å². The van der Waals surface area contributed by atoms with Gasteiger partial charge in [-0.2, -0.15) is 0 Å². The van der Waals surface area contributed by atoms with E-state index < -0.39 is 25.1 Å². The lowest BCUT2D eigenvalue weighted by molar-refractivity contribution is 0.561. The van der Waals surface area contributed by atoms with Crippen LogP contribution in [0.4, 0.5) is 0 Å². The molecule has 2 N–H and O–H groups in total. The zero-order valence-electron chi connectivity index (χ0n) is 10.8. The summed E-state index contributed by atoms with van der Waals surface area (Å²) in [5.74, 6) is 0.145. The quantitative estimate of drug-likeness (QED) is 0.660. The van der Waals surface area contributed by atoms with E-state index in [1.807, 2.05) is 13.8 Å². The first kappa shape index (κ1) is 15.9. The zero-order chi connectivity index (χ0) is 13.8. The fraction of sp³-hybridized carbons (Fsp3) is 1.00. The molecule has 8 heteroatoms. The molecule has 0 amide bonds. The Kier molecular flexibility index (Phi) is 5.57. The molecule has 0 radical (unpaired) electrons. The van der Waals surface area contributed by atoms with E-state index in [0.717, 1.165) is 0 Å². The molecule has 0 saturated carbocycles. The van der Waals surface area contributed by atoms with Crippen LogP contribution >= 0.6 is 0 Å². The normalized spacial score (nSPS) is 23.6. The topological polar surface area (TPSA) is 92.3 Å². The van der Waals surface area contributed by atoms with Gasteiger partial charge in [-0.3, -0.25) is 0 Å². The number of hydrogen-bond acceptors (Lipinski definition) is 5. The molecule has 1 fully saturated rings. The van der Waals surface area contributed by atoms with E-state index in [9.17, 15) is 16.8 Å². The molecule has 6 nitrogen and oxygen atoms in total. The Labute approximate surface area is 110 Å². The number of sulfone groups is 1. The van der Waals surface area contributed by atoms with E-state index in [-0.39, 0.29) is 24.1 Å². The maximum absolute atomic E-state index is 11.6. The number of nitrogens with one attached hydrogen (secondary N) is 2. The fourth-order valence-electron chi connectivity index (χ4n) is 1.86. The van der Waals surface area contributed by atoms with Gasteiger partial charge in [-0.25, -0.2) is 21.6 Å². The summed E-state index contributed by atoms with van der Waals surface area (Å²) in [5, 5.41) is 2.46. The Morgan fingerprint density at radius 1 is 1.33 bits per heavy atom. The summed E-state index contributed by atoms with van der Waals surface area (Å²) in [6.07, 6.45) is 1.18. The standard InChI is InChI=1S/C10H22N2O4S2/c1-9(2)11-5-7-18(15,16)12-8-10-4-3-6-17(10,13)14/h9-12H,3-8H2,1-2H3. The van der Waals surface area contributed by atoms with Gasteiger partial charge in [0.05, 0.1) is 16.8 Å². The molecule has 1 unspecified atom stereocenters. The Bertz CT molecular complexity index is 456. The van der Waals surface area contributed by atoms with E-state index >= 15 is 0 Å². The SMILES string of the molecule is CC(C)NCCS(=O)(=O)NCC1CCCS1(=O)=O. The van der Waals surface area contributed by atoms with Crippen molar-refractivity contribution in [3.05, 3.63) is 0 Å². The maximum Gasteiger partial charge on any atom is 0.212 e. The highest BCUT2D eigenvalue weighted by molar-refractivity contribution is 7.92. The van der Waals surface area contributed by atoms with Crippen LogP contribution in [-0.2, 0) is 19.9 Å². The average Bonchev–Trinajstić information content (AvgIpc) is 2.54. The van der Waals surface area contributed by atoms with Gasteiger partial charge in [-0.05, 0) is 12.8 Å². The molecule has 0 aromatic carbocycles. The predicted molar refractivity (Wildman–Crippen MR) is 71.7 cm³/mol. The van der Waals surface area contributed by atoms with Crippen LogP contribution in [0, 0.1) is 0 Å². The molecule has 1 aliphatic heterocycles. The van der Waals surface area contributed by atoms with Crippen LogP contribution < -0.4 is 10.0 Å². The Morgan fingerprint density at radius 2 is 2.00 bits per heavy atom. The molecule has 0 aromatic rings. The van der Waals surface area contributed by atoms with Crippen molar-refractivity contribution in [1.82, 2.24) is 10.0 Å². The zero-order valence-corrected chi connectivity index (χ0v) is 12.5. The minimum absolute atomic E-state index is 0.00629. The van der Waals surface area contributed by atoms with Gasteiger partial charge in [-0.15, -0.1) is 0 Å². The molecule has 0 bridgehead atoms. The lowest BCUT2D eigenvalue weighted by Gasteiger charge is -2.12. The third-order valence-corrected chi connectivity index (χ3v) is 6.54. The van der Waals surface area contributed by atoms with Crippen LogP contribution in [0.25, 0.3) is 0 Å². The van der Waals surface area contributed by atoms with Gasteiger partial charge in [0, 0.05) is 19.1 Å². The van der Waals surface area contributed by atoms with E-state index in [1.54, 1.807) is 0 Å². The van der Waals surface area contributed by atoms with Gasteiger partial charge in [0.15, 0.2) is 9.84 Å². The van der Waals surface area contributed by atoms with Crippen LogP contribution in [0.3, 0.4) is 0 Å². The second kappa shape index (κ2) is 6.31. The van der Waals surface area contributed by atoms with Crippen molar-refractivity contribution in [2.45, 2.75) is 38.0 Å². The highest BCUT2D eigenvalue weighted by atomic mass is 32.2. The minimum Gasteiger partial charge on any atom is -0.313 e. The summed E-state index contributed by atoms with van der Waals surface area (Å²) in [4.78, 5) is 0. The smallest absolute Gasteiger partial charge is 0.212 e. The van der Waals surface area contributed by atoms with E-state index in [2.05, 4.69) is 10.0 Å². The van der Waals surface area contributed by atoms with Gasteiger partial charge in [0.2, 0.25) is 10.0 Å². The highest BCUT2D eigenvalue weighted by Crippen LogP contribution is 2.19. The molecule has 1 atom stereocenters. The fourth-order valence-corrected chi connectivity index (χ4v) is 4.72. The van der Waals surface area contributed by atoms with Crippen molar-refractivity contribution in [1.29, 1.82) is 0 Å². The molecule has 0 aliphatic carbocycles. The summed E-state index contributed by atoms with van der Waals surface area (Å²) in [5.41, 5.74) is 0. The minimum atomic E-state index is -3.39. The summed E-state index contributed by atoms with van der Waals surface area (Å²) in [6.45, 7) is 4.24. The van der Waals surface area contributed by atoms with Crippen LogP contribution in [0.2, 0.25) is 0 Å². The first-order valence-electron chi connectivity index (χ1n) is 6.15. The molecule has 1 aliphatic rings. The third kappa shape index (κ3) is 5.21. The van der Waals surface area contributed by atoms with Gasteiger partial charge in [-0.1, -0.05) is 13.8 Å². The van der Waals surface area contributed by atoms with Gasteiger partial charge in [0.1, 0.15) is 0 Å². The first-order chi connectivity index (χ1) is 8.23. The second-order valence-corrected chi connectivity index (χ2v) is 9.23. The Morgan fingerprint density at radius 3 is 2.50 bits per heavy atom. The Hall–Kier alpha value is -0.180. The summed E-state index contributed by atoms with van der Waals surface area (Å²) < 4.78 is 48.7. The summed E-state index contributed by atoms with van der Waals surface area (Å²) in [6, 6.07) is 0.232. The van der Waals surface area contributed by atoms with Crippen LogP contribution in [0.15, 0.2) is 0 Å². The lowest BCUT2D eigenvalue weighted by Crippen LogP contribution is -2.38. The molecule has 0 spiro atoms. The number of rotatable bonds is 7. The second-order valence-electron chi connectivity index (χ2n) is 4.91. The molecule has 1 saturated heterocycles. The van der Waals surface area contributed by atoms with Crippen LogP contribution in [-0.4, -0.2) is 52.7 Å². The van der Waals surface area contributed by atoms with Gasteiger partial charge in [0.25, 0.3) is 0 Å². The van der Waals surface area contributed by atoms with E-state index in [1.165, 1.54) is 0 Å². The first-order valence-corrected chi connectivity index (χ1v) is 9.52. The van der Waals surface area contributed by atoms with Crippen molar-refractivity contribution >= 4 is 19.9 Å².